The highest BCUT2D eigenvalue weighted by Gasteiger charge is 2.41. The summed E-state index contributed by atoms with van der Waals surface area (Å²) >= 11 is 5.38. The first-order valence-corrected chi connectivity index (χ1v) is 7.91. The average molecular weight is 318 g/mol. The molecule has 0 aliphatic heterocycles. The van der Waals surface area contributed by atoms with E-state index in [-0.39, 0.29) is 11.6 Å². The van der Waals surface area contributed by atoms with Crippen molar-refractivity contribution in [3.05, 3.63) is 20.8 Å². The molecular weight excluding hydrogens is 298 g/mol. The predicted octanol–water partition coefficient (Wildman–Crippen LogP) is 4.12. The minimum absolute atomic E-state index is 0.0312. The van der Waals surface area contributed by atoms with Crippen molar-refractivity contribution >= 4 is 27.3 Å². The van der Waals surface area contributed by atoms with Crippen LogP contribution in [-0.2, 0) is 4.74 Å². The van der Waals surface area contributed by atoms with Gasteiger partial charge in [-0.2, -0.15) is 11.3 Å². The van der Waals surface area contributed by atoms with Crippen molar-refractivity contribution in [1.82, 2.24) is 5.32 Å². The Balaban J connectivity index is 2.29. The second kappa shape index (κ2) is 5.83. The van der Waals surface area contributed by atoms with Gasteiger partial charge in [0.2, 0.25) is 0 Å². The summed E-state index contributed by atoms with van der Waals surface area (Å²) in [5.74, 6) is 0. The molecule has 4 heteroatoms. The normalized spacial score (nSPS) is 21.4. The van der Waals surface area contributed by atoms with E-state index in [4.69, 9.17) is 4.74 Å². The van der Waals surface area contributed by atoms with Gasteiger partial charge in [-0.25, -0.2) is 0 Å². The minimum Gasteiger partial charge on any atom is -0.376 e. The van der Waals surface area contributed by atoms with E-state index in [2.05, 4.69) is 32.0 Å². The quantitative estimate of drug-likeness (QED) is 0.902. The number of nitrogens with one attached hydrogen (secondary N) is 1. The number of methoxy groups -OCH3 is 1. The van der Waals surface area contributed by atoms with Crippen molar-refractivity contribution in [2.75, 3.05) is 14.2 Å². The standard InChI is InChI=1S/C13H20BrNOS/c1-15-12(10-8-17-9-11(10)14)13(16-2)6-4-3-5-7-13/h8-9,12,15H,3-7H2,1-2H3. The zero-order valence-electron chi connectivity index (χ0n) is 10.5. The fourth-order valence-electron chi connectivity index (χ4n) is 2.96. The van der Waals surface area contributed by atoms with Gasteiger partial charge in [0.1, 0.15) is 0 Å². The van der Waals surface area contributed by atoms with Crippen molar-refractivity contribution in [2.24, 2.45) is 0 Å². The summed E-state index contributed by atoms with van der Waals surface area (Å²) in [6.07, 6.45) is 6.18. The molecule has 0 aromatic carbocycles. The molecule has 1 heterocycles. The summed E-state index contributed by atoms with van der Waals surface area (Å²) in [7, 11) is 3.89. The number of rotatable bonds is 4. The Bertz CT molecular complexity index is 360. The molecule has 17 heavy (non-hydrogen) atoms. The van der Waals surface area contributed by atoms with Crippen LogP contribution in [0.1, 0.15) is 43.7 Å². The van der Waals surface area contributed by atoms with Crippen LogP contribution in [0.25, 0.3) is 0 Å². The van der Waals surface area contributed by atoms with E-state index in [0.717, 1.165) is 12.8 Å². The van der Waals surface area contributed by atoms with E-state index in [1.807, 2.05) is 14.2 Å². The maximum Gasteiger partial charge on any atom is 0.0873 e. The third-order valence-corrected chi connectivity index (χ3v) is 5.63. The molecule has 1 N–H and O–H groups in total. The van der Waals surface area contributed by atoms with Gasteiger partial charge < -0.3 is 10.1 Å². The second-order valence-electron chi connectivity index (χ2n) is 4.73. The molecule has 1 fully saturated rings. The molecule has 2 rings (SSSR count). The molecule has 1 unspecified atom stereocenters. The third-order valence-electron chi connectivity index (χ3n) is 3.87. The minimum atomic E-state index is -0.0312. The van der Waals surface area contributed by atoms with Gasteiger partial charge in [0.05, 0.1) is 11.6 Å². The predicted molar refractivity (Wildman–Crippen MR) is 76.6 cm³/mol. The lowest BCUT2D eigenvalue weighted by molar-refractivity contribution is -0.0672. The van der Waals surface area contributed by atoms with E-state index >= 15 is 0 Å². The molecule has 1 saturated carbocycles. The van der Waals surface area contributed by atoms with Gasteiger partial charge in [-0.15, -0.1) is 0 Å². The fourth-order valence-corrected chi connectivity index (χ4v) is 4.51. The molecule has 96 valence electrons. The van der Waals surface area contributed by atoms with Gasteiger partial charge >= 0.3 is 0 Å². The Morgan fingerprint density at radius 2 is 2.06 bits per heavy atom. The van der Waals surface area contributed by atoms with E-state index in [1.54, 1.807) is 11.3 Å². The van der Waals surface area contributed by atoms with Crippen LogP contribution in [0.4, 0.5) is 0 Å². The van der Waals surface area contributed by atoms with E-state index in [9.17, 15) is 0 Å². The second-order valence-corrected chi connectivity index (χ2v) is 6.32. The maximum absolute atomic E-state index is 5.93. The van der Waals surface area contributed by atoms with Gasteiger partial charge in [0.25, 0.3) is 0 Å². The SMILES string of the molecule is CNC(c1cscc1Br)C1(OC)CCCCC1. The van der Waals surface area contributed by atoms with Crippen LogP contribution < -0.4 is 5.32 Å². The first kappa shape index (κ1) is 13.5. The van der Waals surface area contributed by atoms with Gasteiger partial charge in [-0.05, 0) is 46.8 Å². The number of hydrogen-bond acceptors (Lipinski definition) is 3. The molecule has 0 saturated heterocycles. The van der Waals surface area contributed by atoms with Gasteiger partial charge in [-0.1, -0.05) is 19.3 Å². The van der Waals surface area contributed by atoms with Crippen molar-refractivity contribution in [2.45, 2.75) is 43.7 Å². The Hall–Kier alpha value is 0.1000. The molecule has 1 atom stereocenters. The van der Waals surface area contributed by atoms with Crippen LogP contribution in [0, 0.1) is 0 Å². The molecule has 1 aromatic heterocycles. The van der Waals surface area contributed by atoms with Crippen LogP contribution in [0.5, 0.6) is 0 Å². The Morgan fingerprint density at radius 1 is 1.35 bits per heavy atom. The molecule has 1 aliphatic carbocycles. The summed E-state index contributed by atoms with van der Waals surface area (Å²) in [6, 6.07) is 0.286. The van der Waals surface area contributed by atoms with E-state index < -0.39 is 0 Å². The van der Waals surface area contributed by atoms with Crippen molar-refractivity contribution in [3.63, 3.8) is 0 Å². The number of halogens is 1. The van der Waals surface area contributed by atoms with Crippen LogP contribution in [0.3, 0.4) is 0 Å². The highest BCUT2D eigenvalue weighted by atomic mass is 79.9. The number of thiophene rings is 1. The molecule has 1 aromatic rings. The summed E-state index contributed by atoms with van der Waals surface area (Å²) < 4.78 is 7.13. The lowest BCUT2D eigenvalue weighted by Crippen LogP contribution is -2.45. The Labute approximate surface area is 116 Å². The average Bonchev–Trinajstić information content (AvgIpc) is 2.78. The van der Waals surface area contributed by atoms with E-state index in [0.29, 0.717) is 0 Å². The van der Waals surface area contributed by atoms with Gasteiger partial charge in [-0.3, -0.25) is 0 Å². The zero-order valence-corrected chi connectivity index (χ0v) is 12.9. The van der Waals surface area contributed by atoms with Crippen LogP contribution in [0.15, 0.2) is 15.2 Å². The number of hydrogen-bond donors (Lipinski definition) is 1. The molecule has 0 bridgehead atoms. The Kier molecular flexibility index (Phi) is 4.64. The number of ether oxygens (including phenoxy) is 1. The molecular formula is C13H20BrNOS. The molecule has 0 radical (unpaired) electrons. The fraction of sp³-hybridized carbons (Fsp3) is 0.692. The Morgan fingerprint density at radius 3 is 2.53 bits per heavy atom. The summed E-state index contributed by atoms with van der Waals surface area (Å²) in [4.78, 5) is 0. The smallest absolute Gasteiger partial charge is 0.0873 e. The summed E-state index contributed by atoms with van der Waals surface area (Å²) in [6.45, 7) is 0. The first-order chi connectivity index (χ1) is 8.23. The van der Waals surface area contributed by atoms with Crippen molar-refractivity contribution in [3.8, 4) is 0 Å². The summed E-state index contributed by atoms with van der Waals surface area (Å²) in [5.41, 5.74) is 1.30. The first-order valence-electron chi connectivity index (χ1n) is 6.17. The lowest BCUT2D eigenvalue weighted by Gasteiger charge is -2.42. The van der Waals surface area contributed by atoms with Crippen LogP contribution in [0.2, 0.25) is 0 Å². The highest BCUT2D eigenvalue weighted by molar-refractivity contribution is 9.10. The lowest BCUT2D eigenvalue weighted by atomic mass is 9.77. The number of likely N-dealkylation sites (N-methyl/N-ethyl adjacent to an activating group) is 1. The van der Waals surface area contributed by atoms with E-state index in [1.165, 1.54) is 29.3 Å². The third kappa shape index (κ3) is 2.60. The highest BCUT2D eigenvalue weighted by Crippen LogP contribution is 2.43. The molecule has 0 amide bonds. The van der Waals surface area contributed by atoms with Crippen LogP contribution >= 0.6 is 27.3 Å². The monoisotopic (exact) mass is 317 g/mol. The molecule has 0 spiro atoms. The van der Waals surface area contributed by atoms with Gasteiger partial charge in [0, 0.05) is 17.0 Å². The topological polar surface area (TPSA) is 21.3 Å². The van der Waals surface area contributed by atoms with Crippen molar-refractivity contribution in [1.29, 1.82) is 0 Å². The van der Waals surface area contributed by atoms with Gasteiger partial charge in [0.15, 0.2) is 0 Å². The largest absolute Gasteiger partial charge is 0.376 e. The summed E-state index contributed by atoms with van der Waals surface area (Å²) in [5, 5.41) is 7.83. The van der Waals surface area contributed by atoms with Crippen LogP contribution in [-0.4, -0.2) is 19.8 Å². The zero-order chi connectivity index (χ0) is 12.3. The maximum atomic E-state index is 5.93. The molecule has 2 nitrogen and oxygen atoms in total. The molecule has 1 aliphatic rings. The van der Waals surface area contributed by atoms with Crippen molar-refractivity contribution < 1.29 is 4.74 Å².